The Morgan fingerprint density at radius 3 is 2.65 bits per heavy atom. The van der Waals surface area contributed by atoms with E-state index in [0.29, 0.717) is 13.1 Å². The molecule has 1 saturated carbocycles. The van der Waals surface area contributed by atoms with Gasteiger partial charge in [0.1, 0.15) is 0 Å². The number of benzene rings is 1. The Balaban J connectivity index is 1.73. The Morgan fingerprint density at radius 1 is 1.26 bits per heavy atom. The fraction of sp³-hybridized carbons (Fsp3) is 0.556. The van der Waals surface area contributed by atoms with Crippen molar-refractivity contribution in [3.8, 4) is 0 Å². The third-order valence-electron chi connectivity index (χ3n) is 5.37. The lowest BCUT2D eigenvalue weighted by atomic mass is 9.76. The number of aryl methyl sites for hydroxylation is 1. The molecule has 1 atom stereocenters. The minimum absolute atomic E-state index is 0.0238. The van der Waals surface area contributed by atoms with Crippen LogP contribution in [-0.2, 0) is 4.79 Å². The van der Waals surface area contributed by atoms with E-state index >= 15 is 0 Å². The number of likely N-dealkylation sites (tertiary alicyclic amines) is 1. The number of carbonyl (C=O) groups is 2. The van der Waals surface area contributed by atoms with Crippen LogP contribution in [0, 0.1) is 18.3 Å². The number of urea groups is 1. The Morgan fingerprint density at radius 2 is 2.00 bits per heavy atom. The van der Waals surface area contributed by atoms with Gasteiger partial charge in [-0.25, -0.2) is 4.79 Å². The molecule has 1 spiro atoms. The second-order valence-corrected chi connectivity index (χ2v) is 6.92. The Hall–Kier alpha value is -2.04. The standard InChI is InChI=1S/C18H25N3O2/c1-13-6-5-7-14(10-13)20-17(23)21-11-15(16(22)19-2)18(12-21)8-3-4-9-18/h5-7,10,15H,3-4,8-9,11-12H2,1-2H3,(H,19,22)(H,20,23)/t15-/m0/s1. The molecule has 0 unspecified atom stereocenters. The first-order valence-corrected chi connectivity index (χ1v) is 8.38. The molecule has 2 N–H and O–H groups in total. The van der Waals surface area contributed by atoms with Crippen molar-refractivity contribution in [1.29, 1.82) is 0 Å². The first kappa shape index (κ1) is 15.8. The van der Waals surface area contributed by atoms with E-state index in [9.17, 15) is 9.59 Å². The fourth-order valence-electron chi connectivity index (χ4n) is 4.17. The van der Waals surface area contributed by atoms with Crippen LogP contribution in [0.5, 0.6) is 0 Å². The van der Waals surface area contributed by atoms with Crippen LogP contribution in [0.25, 0.3) is 0 Å². The molecule has 3 rings (SSSR count). The fourth-order valence-corrected chi connectivity index (χ4v) is 4.17. The highest BCUT2D eigenvalue weighted by molar-refractivity contribution is 5.91. The Bertz CT molecular complexity index is 608. The van der Waals surface area contributed by atoms with E-state index in [2.05, 4.69) is 10.6 Å². The minimum atomic E-state index is -0.103. The lowest BCUT2D eigenvalue weighted by Gasteiger charge is -2.28. The molecule has 1 heterocycles. The minimum Gasteiger partial charge on any atom is -0.359 e. The second-order valence-electron chi connectivity index (χ2n) is 6.92. The van der Waals surface area contributed by atoms with Gasteiger partial charge in [0, 0.05) is 31.2 Å². The van der Waals surface area contributed by atoms with E-state index in [1.807, 2.05) is 36.1 Å². The molecule has 1 aliphatic heterocycles. The van der Waals surface area contributed by atoms with Crippen LogP contribution in [-0.4, -0.2) is 37.0 Å². The second kappa shape index (κ2) is 6.22. The maximum atomic E-state index is 12.6. The number of hydrogen-bond donors (Lipinski definition) is 2. The normalized spacial score (nSPS) is 22.3. The van der Waals surface area contributed by atoms with Gasteiger partial charge in [0.15, 0.2) is 0 Å². The summed E-state index contributed by atoms with van der Waals surface area (Å²) >= 11 is 0. The first-order valence-electron chi connectivity index (χ1n) is 8.38. The largest absolute Gasteiger partial charge is 0.359 e. The van der Waals surface area contributed by atoms with E-state index in [4.69, 9.17) is 0 Å². The number of nitrogens with one attached hydrogen (secondary N) is 2. The van der Waals surface area contributed by atoms with Crippen molar-refractivity contribution < 1.29 is 9.59 Å². The summed E-state index contributed by atoms with van der Waals surface area (Å²) in [6.45, 7) is 3.20. The van der Waals surface area contributed by atoms with Crippen molar-refractivity contribution in [3.63, 3.8) is 0 Å². The molecule has 1 aromatic rings. The Kier molecular flexibility index (Phi) is 4.28. The average molecular weight is 315 g/mol. The van der Waals surface area contributed by atoms with Gasteiger partial charge in [0.2, 0.25) is 5.91 Å². The highest BCUT2D eigenvalue weighted by atomic mass is 16.2. The van der Waals surface area contributed by atoms with Crippen LogP contribution in [0.1, 0.15) is 31.2 Å². The van der Waals surface area contributed by atoms with Crippen molar-refractivity contribution in [3.05, 3.63) is 29.8 Å². The van der Waals surface area contributed by atoms with Crippen LogP contribution in [0.2, 0.25) is 0 Å². The van der Waals surface area contributed by atoms with Gasteiger partial charge in [0.25, 0.3) is 0 Å². The summed E-state index contributed by atoms with van der Waals surface area (Å²) in [5, 5.41) is 5.74. The van der Waals surface area contributed by atoms with Crippen LogP contribution < -0.4 is 10.6 Å². The van der Waals surface area contributed by atoms with Crippen molar-refractivity contribution in [2.45, 2.75) is 32.6 Å². The molecule has 2 aliphatic rings. The van der Waals surface area contributed by atoms with Crippen LogP contribution in [0.4, 0.5) is 10.5 Å². The smallest absolute Gasteiger partial charge is 0.321 e. The monoisotopic (exact) mass is 315 g/mol. The van der Waals surface area contributed by atoms with Crippen molar-refractivity contribution in [1.82, 2.24) is 10.2 Å². The highest BCUT2D eigenvalue weighted by Gasteiger charge is 2.52. The van der Waals surface area contributed by atoms with Gasteiger partial charge in [-0.15, -0.1) is 0 Å². The van der Waals surface area contributed by atoms with Crippen LogP contribution in [0.15, 0.2) is 24.3 Å². The summed E-state index contributed by atoms with van der Waals surface area (Å²) in [4.78, 5) is 26.7. The molecule has 2 fully saturated rings. The maximum absolute atomic E-state index is 12.6. The van der Waals surface area contributed by atoms with Crippen LogP contribution in [0.3, 0.4) is 0 Å². The van der Waals surface area contributed by atoms with Gasteiger partial charge >= 0.3 is 6.03 Å². The zero-order chi connectivity index (χ0) is 16.4. The molecule has 5 nitrogen and oxygen atoms in total. The number of amides is 3. The molecule has 0 radical (unpaired) electrons. The lowest BCUT2D eigenvalue weighted by molar-refractivity contribution is -0.127. The average Bonchev–Trinajstić information content (AvgIpc) is 3.15. The maximum Gasteiger partial charge on any atom is 0.321 e. The van der Waals surface area contributed by atoms with E-state index in [1.165, 1.54) is 0 Å². The number of rotatable bonds is 2. The van der Waals surface area contributed by atoms with Gasteiger partial charge in [-0.1, -0.05) is 25.0 Å². The topological polar surface area (TPSA) is 61.4 Å². The van der Waals surface area contributed by atoms with Crippen LogP contribution >= 0.6 is 0 Å². The molecule has 3 amide bonds. The van der Waals surface area contributed by atoms with Gasteiger partial charge in [-0.2, -0.15) is 0 Å². The molecule has 5 heteroatoms. The van der Waals surface area contributed by atoms with Crippen molar-refractivity contribution in [2.75, 3.05) is 25.5 Å². The summed E-state index contributed by atoms with van der Waals surface area (Å²) in [7, 11) is 1.68. The van der Waals surface area contributed by atoms with Crippen molar-refractivity contribution in [2.24, 2.45) is 11.3 Å². The number of carbonyl (C=O) groups excluding carboxylic acids is 2. The number of hydrogen-bond acceptors (Lipinski definition) is 2. The predicted molar refractivity (Wildman–Crippen MR) is 90.2 cm³/mol. The highest BCUT2D eigenvalue weighted by Crippen LogP contribution is 2.49. The molecule has 0 aromatic heterocycles. The molecular formula is C18H25N3O2. The molecular weight excluding hydrogens is 290 g/mol. The number of anilines is 1. The SMILES string of the molecule is CNC(=O)[C@@H]1CN(C(=O)Nc2cccc(C)c2)CC12CCCC2. The Labute approximate surface area is 137 Å². The van der Waals surface area contributed by atoms with Gasteiger partial charge < -0.3 is 15.5 Å². The zero-order valence-electron chi connectivity index (χ0n) is 13.9. The van der Waals surface area contributed by atoms with Gasteiger partial charge in [-0.3, -0.25) is 4.79 Å². The van der Waals surface area contributed by atoms with Gasteiger partial charge in [0.05, 0.1) is 5.92 Å². The zero-order valence-corrected chi connectivity index (χ0v) is 13.9. The lowest BCUT2D eigenvalue weighted by Crippen LogP contribution is -2.38. The van der Waals surface area contributed by atoms with Crippen molar-refractivity contribution >= 4 is 17.6 Å². The molecule has 0 bridgehead atoms. The molecule has 124 valence electrons. The molecule has 1 aliphatic carbocycles. The molecule has 1 saturated heterocycles. The molecule has 1 aromatic carbocycles. The summed E-state index contributed by atoms with van der Waals surface area (Å²) in [6, 6.07) is 7.67. The summed E-state index contributed by atoms with van der Waals surface area (Å²) in [6.07, 6.45) is 4.39. The number of nitrogens with zero attached hydrogens (tertiary/aromatic N) is 1. The summed E-state index contributed by atoms with van der Waals surface area (Å²) in [5.74, 6) is -0.0176. The first-order chi connectivity index (χ1) is 11.0. The van der Waals surface area contributed by atoms with E-state index in [-0.39, 0.29) is 23.3 Å². The van der Waals surface area contributed by atoms with E-state index < -0.39 is 0 Å². The third-order valence-corrected chi connectivity index (χ3v) is 5.37. The van der Waals surface area contributed by atoms with E-state index in [1.54, 1.807) is 7.05 Å². The quantitative estimate of drug-likeness (QED) is 0.881. The summed E-state index contributed by atoms with van der Waals surface area (Å²) < 4.78 is 0. The molecule has 23 heavy (non-hydrogen) atoms. The third kappa shape index (κ3) is 3.05. The summed E-state index contributed by atoms with van der Waals surface area (Å²) in [5.41, 5.74) is 1.89. The predicted octanol–water partition coefficient (Wildman–Crippen LogP) is 2.77. The van der Waals surface area contributed by atoms with E-state index in [0.717, 1.165) is 36.9 Å². The van der Waals surface area contributed by atoms with Gasteiger partial charge in [-0.05, 0) is 37.5 Å².